The van der Waals surface area contributed by atoms with Crippen molar-refractivity contribution >= 4 is 17.9 Å². The van der Waals surface area contributed by atoms with Gasteiger partial charge in [-0.3, -0.25) is 0 Å². The molecule has 1 saturated heterocycles. The van der Waals surface area contributed by atoms with Crippen LogP contribution in [-0.2, 0) is 11.3 Å². The second-order valence-corrected chi connectivity index (χ2v) is 6.99. The molecule has 2 aromatic rings. The van der Waals surface area contributed by atoms with Crippen LogP contribution in [0, 0.1) is 5.92 Å². The van der Waals surface area contributed by atoms with Gasteiger partial charge in [0.15, 0.2) is 5.96 Å². The van der Waals surface area contributed by atoms with Crippen LogP contribution in [0.4, 0.5) is 10.7 Å². The zero-order valence-corrected chi connectivity index (χ0v) is 16.3. The molecular weight excluding hydrogens is 370 g/mol. The molecule has 0 radical (unpaired) electrons. The molecular formula is C20H27N7O2. The van der Waals surface area contributed by atoms with E-state index in [1.165, 1.54) is 6.42 Å². The molecule has 0 aliphatic carbocycles. The normalized spacial score (nSPS) is 15.7. The van der Waals surface area contributed by atoms with E-state index >= 15 is 0 Å². The first-order valence-electron chi connectivity index (χ1n) is 9.70. The van der Waals surface area contributed by atoms with Gasteiger partial charge in [-0.1, -0.05) is 18.2 Å². The van der Waals surface area contributed by atoms with Crippen LogP contribution >= 0.6 is 0 Å². The third-order valence-corrected chi connectivity index (χ3v) is 4.68. The van der Waals surface area contributed by atoms with Crippen LogP contribution in [0.5, 0.6) is 0 Å². The maximum Gasteiger partial charge on any atom is 0.344 e. The number of nitrogens with zero attached hydrogens (tertiary/aromatic N) is 3. The van der Waals surface area contributed by atoms with Crippen LogP contribution in [0.1, 0.15) is 24.8 Å². The summed E-state index contributed by atoms with van der Waals surface area (Å²) in [5, 5.41) is 5.89. The van der Waals surface area contributed by atoms with Gasteiger partial charge in [0.2, 0.25) is 5.95 Å². The highest BCUT2D eigenvalue weighted by Crippen LogP contribution is 2.20. The third-order valence-electron chi connectivity index (χ3n) is 4.68. The summed E-state index contributed by atoms with van der Waals surface area (Å²) in [7, 11) is 0. The minimum Gasteiger partial charge on any atom is -0.381 e. The summed E-state index contributed by atoms with van der Waals surface area (Å²) in [5.41, 5.74) is 13.1. The topological polar surface area (TPSA) is 141 Å². The van der Waals surface area contributed by atoms with E-state index in [0.717, 1.165) is 49.3 Å². The van der Waals surface area contributed by atoms with E-state index in [9.17, 15) is 4.79 Å². The molecule has 1 aromatic heterocycles. The number of hydrogen-bond donors (Lipinski definition) is 4. The lowest BCUT2D eigenvalue weighted by molar-refractivity contribution is 0.184. The van der Waals surface area contributed by atoms with Crippen molar-refractivity contribution < 1.29 is 9.53 Å². The molecule has 0 saturated carbocycles. The molecule has 0 spiro atoms. The Morgan fingerprint density at radius 3 is 2.79 bits per heavy atom. The predicted octanol–water partition coefficient (Wildman–Crippen LogP) is 1.86. The second kappa shape index (κ2) is 10.4. The van der Waals surface area contributed by atoms with Gasteiger partial charge in [0.05, 0.1) is 0 Å². The fourth-order valence-electron chi connectivity index (χ4n) is 3.17. The monoisotopic (exact) mass is 397 g/mol. The Hall–Kier alpha value is -3.20. The van der Waals surface area contributed by atoms with Gasteiger partial charge >= 0.3 is 6.03 Å². The molecule has 2 amide bonds. The minimum atomic E-state index is -0.574. The summed E-state index contributed by atoms with van der Waals surface area (Å²) in [6.07, 6.45) is 6.99. The number of amides is 2. The summed E-state index contributed by atoms with van der Waals surface area (Å²) in [6.45, 7) is 2.95. The Kier molecular flexibility index (Phi) is 7.34. The Morgan fingerprint density at radius 2 is 2.07 bits per heavy atom. The van der Waals surface area contributed by atoms with Gasteiger partial charge in [-0.2, -0.15) is 4.99 Å². The van der Waals surface area contributed by atoms with Crippen molar-refractivity contribution in [2.45, 2.75) is 25.8 Å². The first-order chi connectivity index (χ1) is 14.1. The number of nitrogens with two attached hydrogens (primary N) is 2. The number of rotatable bonds is 8. The zero-order chi connectivity index (χ0) is 20.5. The summed E-state index contributed by atoms with van der Waals surface area (Å²) in [6, 6.07) is 7.18. The smallest absolute Gasteiger partial charge is 0.344 e. The van der Waals surface area contributed by atoms with Crippen molar-refractivity contribution in [3.05, 3.63) is 42.2 Å². The number of ether oxygens (including phenoxy) is 1. The standard InChI is InChI=1S/C20H27N7O2/c21-18(22)27-20(28)26-10-15-3-1-5-16(9-15)17-11-24-19(25-12-17)23-7-2-4-14-6-8-29-13-14/h1,3,5,9,11-12,14H,2,4,6-8,10,13H2,(H,23,24,25)(H5,21,22,26,27,28). The van der Waals surface area contributed by atoms with Crippen LogP contribution in [0.15, 0.2) is 41.7 Å². The second-order valence-electron chi connectivity index (χ2n) is 6.99. The van der Waals surface area contributed by atoms with Gasteiger partial charge in [-0.15, -0.1) is 0 Å². The molecule has 9 heteroatoms. The average molecular weight is 397 g/mol. The highest BCUT2D eigenvalue weighted by Gasteiger charge is 2.14. The largest absolute Gasteiger partial charge is 0.381 e. The molecule has 1 unspecified atom stereocenters. The molecule has 1 aliphatic heterocycles. The van der Waals surface area contributed by atoms with E-state index in [1.807, 2.05) is 24.3 Å². The van der Waals surface area contributed by atoms with E-state index < -0.39 is 6.03 Å². The van der Waals surface area contributed by atoms with Crippen LogP contribution < -0.4 is 22.1 Å². The molecule has 1 fully saturated rings. The number of carbonyl (C=O) groups excluding carboxylic acids is 1. The van der Waals surface area contributed by atoms with Crippen LogP contribution in [-0.4, -0.2) is 41.7 Å². The number of guanidine groups is 1. The summed E-state index contributed by atoms with van der Waals surface area (Å²) >= 11 is 0. The maximum absolute atomic E-state index is 11.5. The number of aliphatic imine (C=N–C) groups is 1. The Bertz CT molecular complexity index is 829. The summed E-state index contributed by atoms with van der Waals surface area (Å²) in [5.74, 6) is 1.04. The number of benzene rings is 1. The van der Waals surface area contributed by atoms with E-state index in [-0.39, 0.29) is 5.96 Å². The zero-order valence-electron chi connectivity index (χ0n) is 16.3. The van der Waals surface area contributed by atoms with Crippen molar-refractivity contribution in [2.75, 3.05) is 25.1 Å². The molecule has 1 aliphatic rings. The lowest BCUT2D eigenvalue weighted by atomic mass is 10.0. The molecule has 154 valence electrons. The number of urea groups is 1. The number of carbonyl (C=O) groups is 1. The molecule has 0 bridgehead atoms. The van der Waals surface area contributed by atoms with Crippen molar-refractivity contribution in [2.24, 2.45) is 22.4 Å². The van der Waals surface area contributed by atoms with E-state index in [4.69, 9.17) is 16.2 Å². The fraction of sp³-hybridized carbons (Fsp3) is 0.400. The Balaban J connectivity index is 1.49. The van der Waals surface area contributed by atoms with E-state index in [1.54, 1.807) is 12.4 Å². The number of anilines is 1. The van der Waals surface area contributed by atoms with Crippen LogP contribution in [0.25, 0.3) is 11.1 Å². The SMILES string of the molecule is NC(N)=NC(=O)NCc1cccc(-c2cnc(NCCCC3CCOC3)nc2)c1. The lowest BCUT2D eigenvalue weighted by Gasteiger charge is -2.09. The fourth-order valence-corrected chi connectivity index (χ4v) is 3.17. The molecule has 1 atom stereocenters. The molecule has 9 nitrogen and oxygen atoms in total. The third kappa shape index (κ3) is 6.72. The van der Waals surface area contributed by atoms with Crippen LogP contribution in [0.2, 0.25) is 0 Å². The minimum absolute atomic E-state index is 0.269. The van der Waals surface area contributed by atoms with Gasteiger partial charge < -0.3 is 26.8 Å². The number of aromatic nitrogens is 2. The van der Waals surface area contributed by atoms with Crippen molar-refractivity contribution in [3.63, 3.8) is 0 Å². The van der Waals surface area contributed by atoms with Crippen molar-refractivity contribution in [1.82, 2.24) is 15.3 Å². The Labute approximate surface area is 170 Å². The molecule has 29 heavy (non-hydrogen) atoms. The number of hydrogen-bond acceptors (Lipinski definition) is 5. The lowest BCUT2D eigenvalue weighted by Crippen LogP contribution is -2.28. The number of nitrogens with one attached hydrogen (secondary N) is 2. The van der Waals surface area contributed by atoms with Crippen molar-refractivity contribution in [1.29, 1.82) is 0 Å². The quantitative estimate of drug-likeness (QED) is 0.303. The van der Waals surface area contributed by atoms with Gasteiger partial charge in [0.25, 0.3) is 0 Å². The van der Waals surface area contributed by atoms with E-state index in [0.29, 0.717) is 18.4 Å². The van der Waals surface area contributed by atoms with Gasteiger partial charge in [-0.05, 0) is 42.4 Å². The molecule has 3 rings (SSSR count). The van der Waals surface area contributed by atoms with Gasteiger partial charge in [0.1, 0.15) is 0 Å². The Morgan fingerprint density at radius 1 is 1.24 bits per heavy atom. The molecule has 2 heterocycles. The molecule has 1 aromatic carbocycles. The highest BCUT2D eigenvalue weighted by molar-refractivity contribution is 5.90. The van der Waals surface area contributed by atoms with Gasteiger partial charge in [-0.25, -0.2) is 14.8 Å². The first kappa shape index (κ1) is 20.5. The van der Waals surface area contributed by atoms with Gasteiger partial charge in [0, 0.05) is 44.3 Å². The van der Waals surface area contributed by atoms with E-state index in [2.05, 4.69) is 25.6 Å². The first-order valence-corrected chi connectivity index (χ1v) is 9.70. The predicted molar refractivity (Wildman–Crippen MR) is 112 cm³/mol. The van der Waals surface area contributed by atoms with Crippen molar-refractivity contribution in [3.8, 4) is 11.1 Å². The summed E-state index contributed by atoms with van der Waals surface area (Å²) in [4.78, 5) is 23.7. The van der Waals surface area contributed by atoms with Crippen LogP contribution in [0.3, 0.4) is 0 Å². The molecule has 6 N–H and O–H groups in total. The maximum atomic E-state index is 11.5. The summed E-state index contributed by atoms with van der Waals surface area (Å²) < 4.78 is 5.40. The highest BCUT2D eigenvalue weighted by atomic mass is 16.5. The average Bonchev–Trinajstić information content (AvgIpc) is 3.23.